The van der Waals surface area contributed by atoms with E-state index in [-0.39, 0.29) is 11.7 Å². The summed E-state index contributed by atoms with van der Waals surface area (Å²) in [6, 6.07) is 11.7. The molecule has 106 valence electrons. The number of benzene rings is 2. The van der Waals surface area contributed by atoms with E-state index in [1.54, 1.807) is 25.1 Å². The lowest BCUT2D eigenvalue weighted by Crippen LogP contribution is -2.13. The van der Waals surface area contributed by atoms with Crippen LogP contribution in [0.1, 0.15) is 16.1 Å². The first kappa shape index (κ1) is 13.8. The Labute approximate surface area is 129 Å². The molecule has 0 bridgehead atoms. The second-order valence-electron chi connectivity index (χ2n) is 4.78. The van der Waals surface area contributed by atoms with E-state index in [0.29, 0.717) is 11.4 Å². The van der Waals surface area contributed by atoms with Crippen LogP contribution in [0.4, 0.5) is 10.1 Å². The Balaban J connectivity index is 1.94. The molecule has 0 aliphatic heterocycles. The SMILES string of the molecule is Cc1c(C(=O)Nc2ccc(Br)cc2)[nH]c2ccc(F)cc12. The monoisotopic (exact) mass is 346 g/mol. The third-order valence-corrected chi connectivity index (χ3v) is 3.88. The molecule has 0 aliphatic rings. The van der Waals surface area contributed by atoms with Gasteiger partial charge in [0.05, 0.1) is 0 Å². The fraction of sp³-hybridized carbons (Fsp3) is 0.0625. The first-order valence-electron chi connectivity index (χ1n) is 6.39. The number of rotatable bonds is 2. The van der Waals surface area contributed by atoms with Crippen LogP contribution in [0.15, 0.2) is 46.9 Å². The van der Waals surface area contributed by atoms with Gasteiger partial charge in [-0.1, -0.05) is 15.9 Å². The van der Waals surface area contributed by atoms with Crippen LogP contribution >= 0.6 is 15.9 Å². The third kappa shape index (κ3) is 2.69. The molecule has 0 unspecified atom stereocenters. The molecule has 1 heterocycles. The average Bonchev–Trinajstić information content (AvgIpc) is 2.79. The summed E-state index contributed by atoms with van der Waals surface area (Å²) in [5.74, 6) is -0.559. The number of hydrogen-bond acceptors (Lipinski definition) is 1. The average molecular weight is 347 g/mol. The Bertz CT molecular complexity index is 824. The lowest BCUT2D eigenvalue weighted by atomic mass is 10.1. The second kappa shape index (κ2) is 5.33. The van der Waals surface area contributed by atoms with E-state index >= 15 is 0 Å². The van der Waals surface area contributed by atoms with Crippen molar-refractivity contribution in [2.45, 2.75) is 6.92 Å². The van der Waals surface area contributed by atoms with Crippen molar-refractivity contribution in [1.82, 2.24) is 4.98 Å². The second-order valence-corrected chi connectivity index (χ2v) is 5.69. The molecule has 0 saturated heterocycles. The van der Waals surface area contributed by atoms with E-state index in [9.17, 15) is 9.18 Å². The van der Waals surface area contributed by atoms with Gasteiger partial charge in [0, 0.05) is 21.1 Å². The smallest absolute Gasteiger partial charge is 0.272 e. The first-order valence-corrected chi connectivity index (χ1v) is 7.18. The van der Waals surface area contributed by atoms with Crippen molar-refractivity contribution in [1.29, 1.82) is 0 Å². The summed E-state index contributed by atoms with van der Waals surface area (Å²) in [5, 5.41) is 3.54. The van der Waals surface area contributed by atoms with Gasteiger partial charge in [-0.15, -0.1) is 0 Å². The van der Waals surface area contributed by atoms with Crippen LogP contribution in [-0.4, -0.2) is 10.9 Å². The number of halogens is 2. The molecule has 3 rings (SSSR count). The minimum absolute atomic E-state index is 0.244. The number of fused-ring (bicyclic) bond motifs is 1. The zero-order valence-corrected chi connectivity index (χ0v) is 12.8. The maximum Gasteiger partial charge on any atom is 0.272 e. The zero-order chi connectivity index (χ0) is 15.0. The molecule has 0 fully saturated rings. The van der Waals surface area contributed by atoms with E-state index in [0.717, 1.165) is 20.9 Å². The summed E-state index contributed by atoms with van der Waals surface area (Å²) in [6.07, 6.45) is 0. The Morgan fingerprint density at radius 1 is 1.19 bits per heavy atom. The molecule has 0 spiro atoms. The molecule has 0 saturated carbocycles. The van der Waals surface area contributed by atoms with Gasteiger partial charge >= 0.3 is 0 Å². The molecule has 5 heteroatoms. The number of aryl methyl sites for hydroxylation is 1. The minimum atomic E-state index is -0.315. The van der Waals surface area contributed by atoms with Crippen molar-refractivity contribution in [3.63, 3.8) is 0 Å². The highest BCUT2D eigenvalue weighted by Crippen LogP contribution is 2.23. The Kier molecular flexibility index (Phi) is 3.51. The summed E-state index contributed by atoms with van der Waals surface area (Å²) in [4.78, 5) is 15.4. The lowest BCUT2D eigenvalue weighted by molar-refractivity contribution is 0.102. The fourth-order valence-corrected chi connectivity index (χ4v) is 2.52. The van der Waals surface area contributed by atoms with Gasteiger partial charge in [-0.2, -0.15) is 0 Å². The third-order valence-electron chi connectivity index (χ3n) is 3.35. The Hall–Kier alpha value is -2.14. The molecule has 2 N–H and O–H groups in total. The number of H-pyrrole nitrogens is 1. The fourth-order valence-electron chi connectivity index (χ4n) is 2.25. The highest BCUT2D eigenvalue weighted by atomic mass is 79.9. The largest absolute Gasteiger partial charge is 0.350 e. The lowest BCUT2D eigenvalue weighted by Gasteiger charge is -2.04. The van der Waals surface area contributed by atoms with E-state index in [4.69, 9.17) is 0 Å². The van der Waals surface area contributed by atoms with E-state index in [1.165, 1.54) is 12.1 Å². The van der Waals surface area contributed by atoms with Crippen molar-refractivity contribution < 1.29 is 9.18 Å². The number of carbonyl (C=O) groups excluding carboxylic acids is 1. The van der Waals surface area contributed by atoms with Crippen LogP contribution in [0, 0.1) is 12.7 Å². The van der Waals surface area contributed by atoms with Crippen molar-refractivity contribution >= 4 is 38.4 Å². The molecule has 1 amide bonds. The number of anilines is 1. The number of amides is 1. The zero-order valence-electron chi connectivity index (χ0n) is 11.2. The van der Waals surface area contributed by atoms with Crippen LogP contribution in [0.3, 0.4) is 0 Å². The summed E-state index contributed by atoms with van der Waals surface area (Å²) in [6.45, 7) is 1.80. The summed E-state index contributed by atoms with van der Waals surface area (Å²) in [5.41, 5.74) is 2.62. The van der Waals surface area contributed by atoms with Crippen molar-refractivity contribution in [3.05, 3.63) is 64.0 Å². The van der Waals surface area contributed by atoms with Gasteiger partial charge < -0.3 is 10.3 Å². The standard InChI is InChI=1S/C16H12BrFN2O/c1-9-13-8-11(18)4-7-14(13)20-15(9)16(21)19-12-5-2-10(17)3-6-12/h2-8,20H,1H3,(H,19,21). The molecule has 3 aromatic rings. The van der Waals surface area contributed by atoms with E-state index in [1.807, 2.05) is 12.1 Å². The summed E-state index contributed by atoms with van der Waals surface area (Å²) < 4.78 is 14.2. The van der Waals surface area contributed by atoms with Gasteiger partial charge in [-0.05, 0) is 55.0 Å². The quantitative estimate of drug-likeness (QED) is 0.698. The van der Waals surface area contributed by atoms with Crippen LogP contribution in [0.25, 0.3) is 10.9 Å². The van der Waals surface area contributed by atoms with Crippen LogP contribution < -0.4 is 5.32 Å². The molecule has 0 aliphatic carbocycles. The van der Waals surface area contributed by atoms with Gasteiger partial charge in [0.15, 0.2) is 0 Å². The minimum Gasteiger partial charge on any atom is -0.350 e. The molecule has 0 radical (unpaired) electrons. The number of aromatic nitrogens is 1. The first-order chi connectivity index (χ1) is 10.0. The number of carbonyl (C=O) groups is 1. The van der Waals surface area contributed by atoms with E-state index in [2.05, 4.69) is 26.2 Å². The van der Waals surface area contributed by atoms with Gasteiger partial charge in [0.2, 0.25) is 0 Å². The molecule has 3 nitrogen and oxygen atoms in total. The topological polar surface area (TPSA) is 44.9 Å². The van der Waals surface area contributed by atoms with Gasteiger partial charge in [-0.3, -0.25) is 4.79 Å². The van der Waals surface area contributed by atoms with Crippen LogP contribution in [-0.2, 0) is 0 Å². The van der Waals surface area contributed by atoms with E-state index < -0.39 is 0 Å². The maximum atomic E-state index is 13.3. The van der Waals surface area contributed by atoms with Crippen LogP contribution in [0.5, 0.6) is 0 Å². The van der Waals surface area contributed by atoms with Gasteiger partial charge in [0.1, 0.15) is 11.5 Å². The number of aromatic amines is 1. The normalized spacial score (nSPS) is 10.8. The Morgan fingerprint density at radius 2 is 1.90 bits per heavy atom. The number of nitrogens with one attached hydrogen (secondary N) is 2. The predicted octanol–water partition coefficient (Wildman–Crippen LogP) is 4.63. The summed E-state index contributed by atoms with van der Waals surface area (Å²) in [7, 11) is 0. The maximum absolute atomic E-state index is 13.3. The van der Waals surface area contributed by atoms with Gasteiger partial charge in [-0.25, -0.2) is 4.39 Å². The molecule has 21 heavy (non-hydrogen) atoms. The van der Waals surface area contributed by atoms with Crippen molar-refractivity contribution in [3.8, 4) is 0 Å². The van der Waals surface area contributed by atoms with Crippen molar-refractivity contribution in [2.24, 2.45) is 0 Å². The molecule has 1 aromatic heterocycles. The van der Waals surface area contributed by atoms with Crippen LogP contribution in [0.2, 0.25) is 0 Å². The predicted molar refractivity (Wildman–Crippen MR) is 85.1 cm³/mol. The summed E-state index contributed by atoms with van der Waals surface area (Å²) >= 11 is 3.34. The van der Waals surface area contributed by atoms with Gasteiger partial charge in [0.25, 0.3) is 5.91 Å². The highest BCUT2D eigenvalue weighted by molar-refractivity contribution is 9.10. The molecular weight excluding hydrogens is 335 g/mol. The van der Waals surface area contributed by atoms with Crippen molar-refractivity contribution in [2.75, 3.05) is 5.32 Å². The number of hydrogen-bond donors (Lipinski definition) is 2. The molecular formula is C16H12BrFN2O. The molecule has 0 atom stereocenters. The molecule has 2 aromatic carbocycles. The highest BCUT2D eigenvalue weighted by Gasteiger charge is 2.15. The Morgan fingerprint density at radius 3 is 2.62 bits per heavy atom.